The van der Waals surface area contributed by atoms with Gasteiger partial charge in [-0.15, -0.1) is 0 Å². The molecule has 6 nitrogen and oxygen atoms in total. The number of amides is 3. The van der Waals surface area contributed by atoms with E-state index in [2.05, 4.69) is 5.43 Å². The van der Waals surface area contributed by atoms with Crippen LogP contribution in [0.2, 0.25) is 0 Å². The number of hydrogen-bond acceptors (Lipinski definition) is 3. The first-order valence-electron chi connectivity index (χ1n) is 9.49. The number of carbonyl (C=O) groups excluding carboxylic acids is 3. The molecule has 0 radical (unpaired) electrons. The molecule has 2 heterocycles. The minimum absolute atomic E-state index is 0.0337. The lowest BCUT2D eigenvalue weighted by Gasteiger charge is -2.22. The van der Waals surface area contributed by atoms with Crippen molar-refractivity contribution in [3.8, 4) is 0 Å². The van der Waals surface area contributed by atoms with E-state index in [0.29, 0.717) is 17.7 Å². The maximum absolute atomic E-state index is 13.0. The molecular weight excluding hydrogens is 354 g/mol. The molecule has 2 aliphatic rings. The minimum Gasteiger partial charge on any atom is -0.274 e. The van der Waals surface area contributed by atoms with Gasteiger partial charge in [0.1, 0.15) is 0 Å². The van der Waals surface area contributed by atoms with Gasteiger partial charge in [0.05, 0.1) is 17.5 Å². The van der Waals surface area contributed by atoms with E-state index in [-0.39, 0.29) is 35.5 Å². The number of nitrogens with zero attached hydrogens (tertiary/aromatic N) is 2. The SMILES string of the molecule is Cc1ccc(C)n1NC(=O)c1cccc(N2C(=O)[C@@H]3[C@@H](C)C=CC[C@H]3C2=O)c1. The zero-order valence-electron chi connectivity index (χ0n) is 16.2. The van der Waals surface area contributed by atoms with Gasteiger partial charge in [0.25, 0.3) is 5.91 Å². The number of imide groups is 1. The quantitative estimate of drug-likeness (QED) is 0.660. The predicted octanol–water partition coefficient (Wildman–Crippen LogP) is 3.19. The van der Waals surface area contributed by atoms with Gasteiger partial charge in [0.15, 0.2) is 0 Å². The lowest BCUT2D eigenvalue weighted by Crippen LogP contribution is -2.32. The van der Waals surface area contributed by atoms with E-state index in [9.17, 15) is 14.4 Å². The van der Waals surface area contributed by atoms with Crippen molar-refractivity contribution in [2.75, 3.05) is 10.3 Å². The number of anilines is 1. The van der Waals surface area contributed by atoms with Crippen LogP contribution < -0.4 is 10.3 Å². The summed E-state index contributed by atoms with van der Waals surface area (Å²) in [6.45, 7) is 5.78. The first-order chi connectivity index (χ1) is 13.4. The molecule has 2 aromatic rings. The zero-order chi connectivity index (χ0) is 20.0. The van der Waals surface area contributed by atoms with Crippen molar-refractivity contribution < 1.29 is 14.4 Å². The topological polar surface area (TPSA) is 71.4 Å². The van der Waals surface area contributed by atoms with Gasteiger partial charge in [-0.3, -0.25) is 29.4 Å². The lowest BCUT2D eigenvalue weighted by molar-refractivity contribution is -0.122. The molecule has 28 heavy (non-hydrogen) atoms. The second kappa shape index (κ2) is 6.78. The van der Waals surface area contributed by atoms with Crippen LogP contribution in [0.3, 0.4) is 0 Å². The highest BCUT2D eigenvalue weighted by Gasteiger charge is 2.50. The molecule has 1 aromatic heterocycles. The maximum Gasteiger partial charge on any atom is 0.270 e. The fourth-order valence-electron chi connectivity index (χ4n) is 4.20. The molecule has 144 valence electrons. The number of hydrogen-bond donors (Lipinski definition) is 1. The Morgan fingerprint density at radius 3 is 2.46 bits per heavy atom. The molecule has 1 aliphatic carbocycles. The summed E-state index contributed by atoms with van der Waals surface area (Å²) in [5.74, 6) is -1.25. The highest BCUT2D eigenvalue weighted by atomic mass is 16.2. The number of rotatable bonds is 3. The van der Waals surface area contributed by atoms with Crippen molar-refractivity contribution in [3.05, 3.63) is 65.5 Å². The Hall–Kier alpha value is -3.15. The minimum atomic E-state index is -0.319. The fraction of sp³-hybridized carbons (Fsp3) is 0.318. The number of benzene rings is 1. The number of nitrogens with one attached hydrogen (secondary N) is 1. The van der Waals surface area contributed by atoms with Gasteiger partial charge in [-0.2, -0.15) is 0 Å². The van der Waals surface area contributed by atoms with Crippen molar-refractivity contribution in [1.29, 1.82) is 0 Å². The van der Waals surface area contributed by atoms with Gasteiger partial charge < -0.3 is 0 Å². The molecular formula is C22H23N3O3. The molecule has 0 unspecified atom stereocenters. The molecule has 1 N–H and O–H groups in total. The van der Waals surface area contributed by atoms with E-state index < -0.39 is 0 Å². The summed E-state index contributed by atoms with van der Waals surface area (Å²) in [4.78, 5) is 39.8. The first kappa shape index (κ1) is 18.2. The lowest BCUT2D eigenvalue weighted by atomic mass is 9.78. The highest BCUT2D eigenvalue weighted by Crippen LogP contribution is 2.40. The van der Waals surface area contributed by atoms with Crippen LogP contribution in [-0.4, -0.2) is 22.4 Å². The summed E-state index contributed by atoms with van der Waals surface area (Å²) in [5, 5.41) is 0. The molecule has 0 bridgehead atoms. The van der Waals surface area contributed by atoms with Crippen molar-refractivity contribution in [1.82, 2.24) is 4.68 Å². The van der Waals surface area contributed by atoms with Crippen LogP contribution in [-0.2, 0) is 9.59 Å². The van der Waals surface area contributed by atoms with Gasteiger partial charge in [0, 0.05) is 17.0 Å². The number of aromatic nitrogens is 1. The Morgan fingerprint density at radius 1 is 1.07 bits per heavy atom. The number of carbonyl (C=O) groups is 3. The summed E-state index contributed by atoms with van der Waals surface area (Å²) < 4.78 is 1.71. The van der Waals surface area contributed by atoms with Crippen LogP contribution in [0.15, 0.2) is 48.6 Å². The Bertz CT molecular complexity index is 985. The zero-order valence-corrected chi connectivity index (χ0v) is 16.2. The Labute approximate surface area is 163 Å². The summed E-state index contributed by atoms with van der Waals surface area (Å²) in [6, 6.07) is 10.5. The van der Waals surface area contributed by atoms with Gasteiger partial charge in [0.2, 0.25) is 11.8 Å². The van der Waals surface area contributed by atoms with Gasteiger partial charge in [-0.05, 0) is 56.5 Å². The first-order valence-corrected chi connectivity index (χ1v) is 9.49. The van der Waals surface area contributed by atoms with Crippen molar-refractivity contribution >= 4 is 23.4 Å². The van der Waals surface area contributed by atoms with E-state index in [1.54, 1.807) is 28.9 Å². The summed E-state index contributed by atoms with van der Waals surface area (Å²) in [6.07, 6.45) is 4.57. The Morgan fingerprint density at radius 2 is 1.79 bits per heavy atom. The van der Waals surface area contributed by atoms with Gasteiger partial charge in [-0.1, -0.05) is 25.1 Å². The molecule has 0 saturated carbocycles. The summed E-state index contributed by atoms with van der Waals surface area (Å²) >= 11 is 0. The van der Waals surface area contributed by atoms with Crippen molar-refractivity contribution in [2.45, 2.75) is 27.2 Å². The molecule has 3 amide bonds. The van der Waals surface area contributed by atoms with Crippen molar-refractivity contribution in [3.63, 3.8) is 0 Å². The van der Waals surface area contributed by atoms with Crippen LogP contribution in [0.5, 0.6) is 0 Å². The third-order valence-electron chi connectivity index (χ3n) is 5.72. The Balaban J connectivity index is 1.61. The third kappa shape index (κ3) is 2.85. The molecule has 3 atom stereocenters. The van der Waals surface area contributed by atoms with Crippen LogP contribution in [0.25, 0.3) is 0 Å². The number of allylic oxidation sites excluding steroid dienone is 2. The standard InChI is InChI=1S/C22H23N3O3/c1-13-6-4-9-18-19(13)22(28)24(21(18)27)17-8-5-7-16(12-17)20(26)23-25-14(2)10-11-15(25)3/h4-8,10-13,18-19H,9H2,1-3H3,(H,23,26)/t13-,18+,19+/m0/s1. The summed E-state index contributed by atoms with van der Waals surface area (Å²) in [5.41, 5.74) is 5.52. The third-order valence-corrected chi connectivity index (χ3v) is 5.72. The molecule has 1 aliphatic heterocycles. The normalized spacial score (nSPS) is 23.8. The van der Waals surface area contributed by atoms with Gasteiger partial charge in [-0.25, -0.2) is 0 Å². The van der Waals surface area contributed by atoms with E-state index in [1.165, 1.54) is 4.90 Å². The average molecular weight is 377 g/mol. The molecule has 1 fully saturated rings. The average Bonchev–Trinajstić information content (AvgIpc) is 3.13. The van der Waals surface area contributed by atoms with Crippen LogP contribution in [0.1, 0.15) is 35.1 Å². The van der Waals surface area contributed by atoms with Gasteiger partial charge >= 0.3 is 0 Å². The molecule has 6 heteroatoms. The van der Waals surface area contributed by atoms with E-state index in [4.69, 9.17) is 0 Å². The maximum atomic E-state index is 13.0. The monoisotopic (exact) mass is 377 g/mol. The number of aryl methyl sites for hydroxylation is 2. The van der Waals surface area contributed by atoms with Crippen LogP contribution >= 0.6 is 0 Å². The predicted molar refractivity (Wildman–Crippen MR) is 106 cm³/mol. The molecule has 1 aromatic carbocycles. The smallest absolute Gasteiger partial charge is 0.270 e. The fourth-order valence-corrected chi connectivity index (χ4v) is 4.20. The van der Waals surface area contributed by atoms with Crippen LogP contribution in [0, 0.1) is 31.6 Å². The molecule has 0 spiro atoms. The van der Waals surface area contributed by atoms with E-state index in [0.717, 1.165) is 11.4 Å². The summed E-state index contributed by atoms with van der Waals surface area (Å²) in [7, 11) is 0. The highest BCUT2D eigenvalue weighted by molar-refractivity contribution is 6.22. The Kier molecular flexibility index (Phi) is 4.41. The van der Waals surface area contributed by atoms with E-state index in [1.807, 2.05) is 45.1 Å². The van der Waals surface area contributed by atoms with Crippen molar-refractivity contribution in [2.24, 2.45) is 17.8 Å². The second-order valence-electron chi connectivity index (χ2n) is 7.61. The number of fused-ring (bicyclic) bond motifs is 1. The van der Waals surface area contributed by atoms with E-state index >= 15 is 0 Å². The van der Waals surface area contributed by atoms with Crippen LogP contribution in [0.4, 0.5) is 5.69 Å². The second-order valence-corrected chi connectivity index (χ2v) is 7.61. The largest absolute Gasteiger partial charge is 0.274 e. The molecule has 4 rings (SSSR count). The molecule has 1 saturated heterocycles.